The minimum atomic E-state index is -0.486. The molecule has 1 fully saturated rings. The number of carbonyl (C=O) groups excluding carboxylic acids is 1. The topological polar surface area (TPSA) is 67.6 Å². The van der Waals surface area contributed by atoms with Crippen molar-refractivity contribution in [2.45, 2.75) is 52.2 Å². The Balaban J connectivity index is 1.90. The molecule has 5 nitrogen and oxygen atoms in total. The van der Waals surface area contributed by atoms with Gasteiger partial charge in [0.15, 0.2) is 0 Å². The third-order valence-corrected chi connectivity index (χ3v) is 3.84. The third kappa shape index (κ3) is 4.74. The first kappa shape index (κ1) is 17.4. The van der Waals surface area contributed by atoms with Crippen LogP contribution in [-0.4, -0.2) is 35.7 Å². The van der Waals surface area contributed by atoms with Crippen LogP contribution < -0.4 is 11.1 Å². The number of anilines is 2. The predicted molar refractivity (Wildman–Crippen MR) is 90.0 cm³/mol. The van der Waals surface area contributed by atoms with Crippen LogP contribution in [0, 0.1) is 12.7 Å². The van der Waals surface area contributed by atoms with Crippen molar-refractivity contribution in [1.29, 1.82) is 0 Å². The molecule has 1 aromatic rings. The smallest absolute Gasteiger partial charge is 0.410 e. The van der Waals surface area contributed by atoms with Gasteiger partial charge in [-0.2, -0.15) is 0 Å². The maximum Gasteiger partial charge on any atom is 0.410 e. The normalized spacial score (nSPS) is 16.3. The number of benzene rings is 1. The van der Waals surface area contributed by atoms with Gasteiger partial charge in [-0.25, -0.2) is 9.18 Å². The molecule has 0 aromatic heterocycles. The van der Waals surface area contributed by atoms with Crippen LogP contribution in [0.25, 0.3) is 0 Å². The number of nitrogens with zero attached hydrogens (tertiary/aromatic N) is 1. The molecule has 0 atom stereocenters. The van der Waals surface area contributed by atoms with Crippen molar-refractivity contribution >= 4 is 17.5 Å². The number of ether oxygens (including phenoxy) is 1. The molecule has 1 aliphatic rings. The van der Waals surface area contributed by atoms with Crippen molar-refractivity contribution in [3.05, 3.63) is 23.5 Å². The van der Waals surface area contributed by atoms with Gasteiger partial charge in [0, 0.05) is 19.1 Å². The fraction of sp³-hybridized carbons (Fsp3) is 0.588. The number of nitrogen functional groups attached to an aromatic ring is 1. The second kappa shape index (κ2) is 6.64. The Bertz CT molecular complexity index is 576. The quantitative estimate of drug-likeness (QED) is 0.817. The molecule has 0 aliphatic carbocycles. The van der Waals surface area contributed by atoms with Crippen molar-refractivity contribution < 1.29 is 13.9 Å². The van der Waals surface area contributed by atoms with Gasteiger partial charge in [0.05, 0.1) is 11.4 Å². The van der Waals surface area contributed by atoms with E-state index in [4.69, 9.17) is 10.5 Å². The van der Waals surface area contributed by atoms with Crippen LogP contribution in [0.5, 0.6) is 0 Å². The van der Waals surface area contributed by atoms with Crippen LogP contribution in [0.4, 0.5) is 20.6 Å². The first-order valence-electron chi connectivity index (χ1n) is 7.96. The number of likely N-dealkylation sites (tertiary alicyclic amines) is 1. The molecule has 6 heteroatoms. The molecular formula is C17H26FN3O2. The fourth-order valence-electron chi connectivity index (χ4n) is 2.58. The predicted octanol–water partition coefficient (Wildman–Crippen LogP) is 3.53. The van der Waals surface area contributed by atoms with Crippen molar-refractivity contribution in [3.8, 4) is 0 Å². The molecule has 128 valence electrons. The summed E-state index contributed by atoms with van der Waals surface area (Å²) in [4.78, 5) is 13.7. The van der Waals surface area contributed by atoms with Crippen LogP contribution >= 0.6 is 0 Å². The second-order valence-electron chi connectivity index (χ2n) is 7.07. The van der Waals surface area contributed by atoms with Gasteiger partial charge >= 0.3 is 6.09 Å². The maximum absolute atomic E-state index is 13.7. The van der Waals surface area contributed by atoms with Gasteiger partial charge in [0.1, 0.15) is 11.4 Å². The summed E-state index contributed by atoms with van der Waals surface area (Å²) >= 11 is 0. The van der Waals surface area contributed by atoms with Gasteiger partial charge in [-0.3, -0.25) is 0 Å². The highest BCUT2D eigenvalue weighted by Gasteiger charge is 2.27. The van der Waals surface area contributed by atoms with E-state index in [-0.39, 0.29) is 18.0 Å². The number of nitrogens with two attached hydrogens (primary N) is 1. The maximum atomic E-state index is 13.7. The third-order valence-electron chi connectivity index (χ3n) is 3.84. The van der Waals surface area contributed by atoms with Crippen LogP contribution in [-0.2, 0) is 4.74 Å². The lowest BCUT2D eigenvalue weighted by Gasteiger charge is -2.34. The Morgan fingerprint density at radius 2 is 1.96 bits per heavy atom. The number of aryl methyl sites for hydroxylation is 1. The van der Waals surface area contributed by atoms with Crippen LogP contribution in [0.2, 0.25) is 0 Å². The van der Waals surface area contributed by atoms with Crippen LogP contribution in [0.15, 0.2) is 12.1 Å². The standard InChI is InChI=1S/C17H26FN3O2/c1-11-9-14(19)15(10-13(11)18)20-12-5-7-21(8-6-12)16(22)23-17(2,3)4/h9-10,12,20H,5-8,19H2,1-4H3. The highest BCUT2D eigenvalue weighted by molar-refractivity contribution is 5.69. The van der Waals surface area contributed by atoms with E-state index < -0.39 is 5.60 Å². The molecule has 3 N–H and O–H groups in total. The van der Waals surface area contributed by atoms with Crippen LogP contribution in [0.3, 0.4) is 0 Å². The van der Waals surface area contributed by atoms with Gasteiger partial charge in [0.25, 0.3) is 0 Å². The van der Waals surface area contributed by atoms with Crippen molar-refractivity contribution in [2.24, 2.45) is 0 Å². The monoisotopic (exact) mass is 323 g/mol. The van der Waals surface area contributed by atoms with Gasteiger partial charge in [-0.05, 0) is 58.2 Å². The van der Waals surface area contributed by atoms with E-state index in [0.29, 0.717) is 30.0 Å². The summed E-state index contributed by atoms with van der Waals surface area (Å²) in [7, 11) is 0. The van der Waals surface area contributed by atoms with Crippen molar-refractivity contribution in [1.82, 2.24) is 4.90 Å². The fourth-order valence-corrected chi connectivity index (χ4v) is 2.58. The van der Waals surface area contributed by atoms with E-state index in [1.165, 1.54) is 6.07 Å². The first-order valence-corrected chi connectivity index (χ1v) is 7.96. The molecule has 23 heavy (non-hydrogen) atoms. The summed E-state index contributed by atoms with van der Waals surface area (Å²) in [5.41, 5.74) is 7.14. The van der Waals surface area contributed by atoms with Gasteiger partial charge in [0.2, 0.25) is 0 Å². The lowest BCUT2D eigenvalue weighted by molar-refractivity contribution is 0.0210. The minimum Gasteiger partial charge on any atom is -0.444 e. The lowest BCUT2D eigenvalue weighted by Crippen LogP contribution is -2.44. The number of hydrogen-bond acceptors (Lipinski definition) is 4. The van der Waals surface area contributed by atoms with E-state index >= 15 is 0 Å². The zero-order chi connectivity index (χ0) is 17.2. The molecule has 0 bridgehead atoms. The summed E-state index contributed by atoms with van der Waals surface area (Å²) in [6, 6.07) is 3.23. The second-order valence-corrected chi connectivity index (χ2v) is 7.07. The number of nitrogens with one attached hydrogen (secondary N) is 1. The average Bonchev–Trinajstić information content (AvgIpc) is 2.43. The Hall–Kier alpha value is -1.98. The molecule has 0 saturated carbocycles. The van der Waals surface area contributed by atoms with Gasteiger partial charge in [-0.1, -0.05) is 0 Å². The molecule has 1 amide bonds. The molecule has 1 saturated heterocycles. The summed E-state index contributed by atoms with van der Waals surface area (Å²) in [6.45, 7) is 8.48. The average molecular weight is 323 g/mol. The highest BCUT2D eigenvalue weighted by atomic mass is 19.1. The number of amides is 1. The highest BCUT2D eigenvalue weighted by Crippen LogP contribution is 2.25. The lowest BCUT2D eigenvalue weighted by atomic mass is 10.0. The SMILES string of the molecule is Cc1cc(N)c(NC2CCN(C(=O)OC(C)(C)C)CC2)cc1F. The van der Waals surface area contributed by atoms with E-state index in [0.717, 1.165) is 12.8 Å². The van der Waals surface area contributed by atoms with Crippen molar-refractivity contribution in [2.75, 3.05) is 24.1 Å². The Morgan fingerprint density at radius 3 is 2.52 bits per heavy atom. The zero-order valence-corrected chi connectivity index (χ0v) is 14.3. The molecule has 1 aliphatic heterocycles. The van der Waals surface area contributed by atoms with Gasteiger partial charge in [-0.15, -0.1) is 0 Å². The largest absolute Gasteiger partial charge is 0.444 e. The van der Waals surface area contributed by atoms with Crippen molar-refractivity contribution in [3.63, 3.8) is 0 Å². The molecule has 1 heterocycles. The zero-order valence-electron chi connectivity index (χ0n) is 14.3. The van der Waals surface area contributed by atoms with E-state index in [2.05, 4.69) is 5.32 Å². The number of rotatable bonds is 2. The Labute approximate surface area is 137 Å². The number of hydrogen-bond donors (Lipinski definition) is 2. The Kier molecular flexibility index (Phi) is 5.02. The summed E-state index contributed by atoms with van der Waals surface area (Å²) in [5.74, 6) is -0.270. The van der Waals surface area contributed by atoms with E-state index in [9.17, 15) is 9.18 Å². The summed E-state index contributed by atoms with van der Waals surface area (Å²) in [5, 5.41) is 3.28. The van der Waals surface area contributed by atoms with E-state index in [1.54, 1.807) is 17.9 Å². The number of halogens is 1. The molecular weight excluding hydrogens is 297 g/mol. The first-order chi connectivity index (χ1) is 10.7. The summed E-state index contributed by atoms with van der Waals surface area (Å²) < 4.78 is 19.0. The molecule has 0 radical (unpaired) electrons. The molecule has 1 aromatic carbocycles. The van der Waals surface area contributed by atoms with E-state index in [1.807, 2.05) is 20.8 Å². The van der Waals surface area contributed by atoms with Gasteiger partial charge < -0.3 is 20.7 Å². The molecule has 2 rings (SSSR count). The van der Waals surface area contributed by atoms with Crippen LogP contribution in [0.1, 0.15) is 39.2 Å². The number of piperidine rings is 1. The minimum absolute atomic E-state index is 0.165. The Morgan fingerprint density at radius 1 is 1.35 bits per heavy atom. The number of carbonyl (C=O) groups is 1. The molecule has 0 unspecified atom stereocenters. The summed E-state index contributed by atoms with van der Waals surface area (Å²) in [6.07, 6.45) is 1.26. The molecule has 0 spiro atoms.